The highest BCUT2D eigenvalue weighted by Gasteiger charge is 2.35. The number of fused-ring (bicyclic) bond motifs is 1. The van der Waals surface area contributed by atoms with Gasteiger partial charge >= 0.3 is 5.97 Å². The molecule has 1 heterocycles. The van der Waals surface area contributed by atoms with Crippen LogP contribution in [0.25, 0.3) is 10.2 Å². The number of ether oxygens (including phenoxy) is 1. The average molecular weight is 346 g/mol. The minimum Gasteiger partial charge on any atom is -0.455 e. The van der Waals surface area contributed by atoms with E-state index in [1.807, 2.05) is 18.2 Å². The number of likely N-dealkylation sites (N-methyl/N-ethyl adjacent to an activating group) is 1. The molecule has 0 spiro atoms. The fourth-order valence-corrected chi connectivity index (χ4v) is 4.29. The quantitative estimate of drug-likeness (QED) is 0.798. The number of hydrogen-bond acceptors (Lipinski definition) is 5. The van der Waals surface area contributed by atoms with Crippen molar-refractivity contribution in [3.63, 3.8) is 0 Å². The van der Waals surface area contributed by atoms with Crippen LogP contribution in [0.3, 0.4) is 0 Å². The van der Waals surface area contributed by atoms with Gasteiger partial charge < -0.3 is 9.64 Å². The first-order chi connectivity index (χ1) is 11.6. The van der Waals surface area contributed by atoms with Gasteiger partial charge in [0.1, 0.15) is 0 Å². The van der Waals surface area contributed by atoms with Gasteiger partial charge in [0, 0.05) is 20.0 Å². The predicted octanol–water partition coefficient (Wildman–Crippen LogP) is 3.20. The number of thiazole rings is 1. The van der Waals surface area contributed by atoms with Crippen molar-refractivity contribution in [2.75, 3.05) is 20.7 Å². The predicted molar refractivity (Wildman–Crippen MR) is 94.0 cm³/mol. The van der Waals surface area contributed by atoms with E-state index >= 15 is 0 Å². The Kier molecular flexibility index (Phi) is 5.14. The molecule has 6 heteroatoms. The molecule has 1 saturated carbocycles. The van der Waals surface area contributed by atoms with Gasteiger partial charge in [-0.05, 0) is 25.0 Å². The third-order valence-corrected chi connectivity index (χ3v) is 5.70. The van der Waals surface area contributed by atoms with Crippen molar-refractivity contribution < 1.29 is 14.3 Å². The van der Waals surface area contributed by atoms with Crippen LogP contribution in [0.5, 0.6) is 0 Å². The third kappa shape index (κ3) is 3.59. The van der Waals surface area contributed by atoms with E-state index in [0.29, 0.717) is 0 Å². The fraction of sp³-hybridized carbons (Fsp3) is 0.500. The standard InChI is InChI=1S/C18H22N2O3S/c1-20(2)16(21)11-23-18(22)13-8-4-3-7-12(13)17-19-14-9-5-6-10-15(14)24-17/h5-6,9-10,12-13H,3-4,7-8,11H2,1-2H3/t12-,13+/m0/s1. The molecule has 1 fully saturated rings. The largest absolute Gasteiger partial charge is 0.455 e. The normalized spacial score (nSPS) is 20.8. The smallest absolute Gasteiger partial charge is 0.310 e. The van der Waals surface area contributed by atoms with Crippen molar-refractivity contribution in [1.82, 2.24) is 9.88 Å². The van der Waals surface area contributed by atoms with Crippen LogP contribution in [0.2, 0.25) is 0 Å². The minimum atomic E-state index is -0.269. The van der Waals surface area contributed by atoms with Gasteiger partial charge in [-0.15, -0.1) is 11.3 Å². The molecule has 24 heavy (non-hydrogen) atoms. The number of nitrogens with zero attached hydrogens (tertiary/aromatic N) is 2. The summed E-state index contributed by atoms with van der Waals surface area (Å²) in [5, 5.41) is 1.01. The molecule has 0 saturated heterocycles. The van der Waals surface area contributed by atoms with Crippen molar-refractivity contribution in [3.05, 3.63) is 29.3 Å². The SMILES string of the molecule is CN(C)C(=O)COC(=O)[C@@H]1CCCC[C@@H]1c1nc2ccccc2s1. The Hall–Kier alpha value is -1.95. The number of amides is 1. The maximum absolute atomic E-state index is 12.5. The molecule has 5 nitrogen and oxygen atoms in total. The molecular weight excluding hydrogens is 324 g/mol. The average Bonchev–Trinajstić information content (AvgIpc) is 3.03. The fourth-order valence-electron chi connectivity index (χ4n) is 3.13. The molecule has 0 aliphatic heterocycles. The van der Waals surface area contributed by atoms with Crippen LogP contribution in [0.1, 0.15) is 36.6 Å². The molecule has 1 aliphatic rings. The van der Waals surface area contributed by atoms with Gasteiger partial charge in [-0.1, -0.05) is 25.0 Å². The Morgan fingerprint density at radius 3 is 2.75 bits per heavy atom. The lowest BCUT2D eigenvalue weighted by molar-refractivity contribution is -0.156. The number of para-hydroxylation sites is 1. The molecule has 3 rings (SSSR count). The summed E-state index contributed by atoms with van der Waals surface area (Å²) in [6.45, 7) is -0.186. The highest BCUT2D eigenvalue weighted by atomic mass is 32.1. The lowest BCUT2D eigenvalue weighted by Gasteiger charge is -2.28. The highest BCUT2D eigenvalue weighted by molar-refractivity contribution is 7.18. The number of hydrogen-bond donors (Lipinski definition) is 0. The van der Waals surface area contributed by atoms with Gasteiger partial charge in [-0.2, -0.15) is 0 Å². The van der Waals surface area contributed by atoms with Crippen molar-refractivity contribution in [3.8, 4) is 0 Å². The van der Waals surface area contributed by atoms with Crippen LogP contribution in [0, 0.1) is 5.92 Å². The first-order valence-corrected chi connectivity index (χ1v) is 9.10. The number of aromatic nitrogens is 1. The van der Waals surface area contributed by atoms with Crippen LogP contribution in [0.4, 0.5) is 0 Å². The number of esters is 1. The van der Waals surface area contributed by atoms with E-state index in [-0.39, 0.29) is 30.3 Å². The molecule has 2 atom stereocenters. The van der Waals surface area contributed by atoms with Crippen molar-refractivity contribution in [2.24, 2.45) is 5.92 Å². The molecule has 0 bridgehead atoms. The zero-order valence-electron chi connectivity index (χ0n) is 14.0. The van der Waals surface area contributed by atoms with E-state index in [4.69, 9.17) is 9.72 Å². The summed E-state index contributed by atoms with van der Waals surface area (Å²) in [6.07, 6.45) is 3.86. The van der Waals surface area contributed by atoms with Crippen LogP contribution in [-0.4, -0.2) is 42.5 Å². The second-order valence-electron chi connectivity index (χ2n) is 6.41. The van der Waals surface area contributed by atoms with Gasteiger partial charge in [0.2, 0.25) is 0 Å². The van der Waals surface area contributed by atoms with Crippen LogP contribution < -0.4 is 0 Å². The molecule has 0 unspecified atom stereocenters. The number of benzene rings is 1. The lowest BCUT2D eigenvalue weighted by Crippen LogP contribution is -2.32. The van der Waals surface area contributed by atoms with E-state index in [2.05, 4.69) is 6.07 Å². The van der Waals surface area contributed by atoms with Crippen molar-refractivity contribution in [2.45, 2.75) is 31.6 Å². The topological polar surface area (TPSA) is 59.5 Å². The summed E-state index contributed by atoms with van der Waals surface area (Å²) >= 11 is 1.66. The maximum atomic E-state index is 12.5. The lowest BCUT2D eigenvalue weighted by atomic mass is 9.79. The monoisotopic (exact) mass is 346 g/mol. The second kappa shape index (κ2) is 7.30. The van der Waals surface area contributed by atoms with Crippen LogP contribution >= 0.6 is 11.3 Å². The van der Waals surface area contributed by atoms with E-state index in [1.54, 1.807) is 25.4 Å². The van der Waals surface area contributed by atoms with Gasteiger partial charge in [-0.25, -0.2) is 4.98 Å². The number of rotatable bonds is 4. The summed E-state index contributed by atoms with van der Waals surface area (Å²) in [4.78, 5) is 30.3. The highest BCUT2D eigenvalue weighted by Crippen LogP contribution is 2.41. The van der Waals surface area contributed by atoms with Crippen molar-refractivity contribution in [1.29, 1.82) is 0 Å². The molecule has 128 valence electrons. The summed E-state index contributed by atoms with van der Waals surface area (Å²) in [5.74, 6) is -0.572. The van der Waals surface area contributed by atoms with E-state index in [0.717, 1.165) is 40.9 Å². The van der Waals surface area contributed by atoms with E-state index in [1.165, 1.54) is 4.90 Å². The van der Waals surface area contributed by atoms with Crippen LogP contribution in [0.15, 0.2) is 24.3 Å². The molecule has 1 aliphatic carbocycles. The molecule has 1 amide bonds. The number of carbonyl (C=O) groups is 2. The molecular formula is C18H22N2O3S. The summed E-state index contributed by atoms with van der Waals surface area (Å²) in [6, 6.07) is 8.04. The first kappa shape index (κ1) is 16.9. The molecule has 2 aromatic rings. The third-order valence-electron chi connectivity index (χ3n) is 4.53. The van der Waals surface area contributed by atoms with Gasteiger partial charge in [-0.3, -0.25) is 9.59 Å². The Morgan fingerprint density at radius 2 is 2.00 bits per heavy atom. The van der Waals surface area contributed by atoms with Gasteiger partial charge in [0.15, 0.2) is 6.61 Å². The minimum absolute atomic E-state index is 0.0955. The summed E-state index contributed by atoms with van der Waals surface area (Å²) < 4.78 is 6.42. The maximum Gasteiger partial charge on any atom is 0.310 e. The van der Waals surface area contributed by atoms with E-state index < -0.39 is 0 Å². The number of carbonyl (C=O) groups excluding carboxylic acids is 2. The van der Waals surface area contributed by atoms with Crippen molar-refractivity contribution >= 4 is 33.4 Å². The summed E-state index contributed by atoms with van der Waals surface area (Å²) in [5.41, 5.74) is 0.984. The Balaban J connectivity index is 1.75. The van der Waals surface area contributed by atoms with Crippen LogP contribution in [-0.2, 0) is 14.3 Å². The Labute approximate surface area is 145 Å². The molecule has 0 radical (unpaired) electrons. The summed E-state index contributed by atoms with van der Waals surface area (Å²) in [7, 11) is 3.31. The van der Waals surface area contributed by atoms with E-state index in [9.17, 15) is 9.59 Å². The van der Waals surface area contributed by atoms with Gasteiger partial charge in [0.25, 0.3) is 5.91 Å². The van der Waals surface area contributed by atoms with Gasteiger partial charge in [0.05, 0.1) is 21.1 Å². The zero-order chi connectivity index (χ0) is 17.1. The zero-order valence-corrected chi connectivity index (χ0v) is 14.8. The first-order valence-electron chi connectivity index (χ1n) is 8.28. The Bertz CT molecular complexity index is 708. The Morgan fingerprint density at radius 1 is 1.25 bits per heavy atom. The molecule has 1 aromatic carbocycles. The molecule has 0 N–H and O–H groups in total. The second-order valence-corrected chi connectivity index (χ2v) is 7.48. The molecule has 1 aromatic heterocycles.